The van der Waals surface area contributed by atoms with Crippen LogP contribution in [0.15, 0.2) is 18.2 Å². The van der Waals surface area contributed by atoms with Crippen molar-refractivity contribution in [3.8, 4) is 0 Å². The third-order valence-electron chi connectivity index (χ3n) is 2.75. The van der Waals surface area contributed by atoms with Gasteiger partial charge in [-0.2, -0.15) is 0 Å². The van der Waals surface area contributed by atoms with Gasteiger partial charge in [0, 0.05) is 7.05 Å². The van der Waals surface area contributed by atoms with Crippen molar-refractivity contribution < 1.29 is 13.9 Å². The van der Waals surface area contributed by atoms with Crippen LogP contribution in [-0.4, -0.2) is 20.7 Å². The minimum absolute atomic E-state index is 0.00649. The first-order valence-corrected chi connectivity index (χ1v) is 5.56. The molecule has 0 spiro atoms. The molecule has 19 heavy (non-hydrogen) atoms. The van der Waals surface area contributed by atoms with Crippen molar-refractivity contribution in [1.82, 2.24) is 14.8 Å². The average Bonchev–Trinajstić information content (AvgIpc) is 2.70. The fourth-order valence-electron chi connectivity index (χ4n) is 1.46. The van der Waals surface area contributed by atoms with Crippen molar-refractivity contribution in [3.63, 3.8) is 0 Å². The maximum absolute atomic E-state index is 13.0. The summed E-state index contributed by atoms with van der Waals surface area (Å²) in [6.45, 7) is 1.78. The van der Waals surface area contributed by atoms with Gasteiger partial charge >= 0.3 is 5.97 Å². The number of hydrogen-bond acceptors (Lipinski definition) is 5. The van der Waals surface area contributed by atoms with E-state index in [2.05, 4.69) is 10.2 Å². The summed E-state index contributed by atoms with van der Waals surface area (Å²) >= 11 is 0. The van der Waals surface area contributed by atoms with E-state index >= 15 is 0 Å². The van der Waals surface area contributed by atoms with Crippen LogP contribution in [0.5, 0.6) is 0 Å². The number of rotatable bonds is 3. The molecule has 0 unspecified atom stereocenters. The molecule has 0 radical (unpaired) electrons. The number of benzene rings is 1. The first kappa shape index (κ1) is 13.0. The number of esters is 1. The Balaban J connectivity index is 2.05. The molecule has 0 amide bonds. The number of nitrogens with zero attached hydrogens (tertiary/aromatic N) is 3. The van der Waals surface area contributed by atoms with Gasteiger partial charge in [-0.05, 0) is 25.1 Å². The maximum atomic E-state index is 13.0. The van der Waals surface area contributed by atoms with Crippen LogP contribution >= 0.6 is 0 Å². The Morgan fingerprint density at radius 2 is 2.21 bits per heavy atom. The molecule has 6 nitrogen and oxygen atoms in total. The summed E-state index contributed by atoms with van der Waals surface area (Å²) in [6.07, 6.45) is 0. The summed E-state index contributed by atoms with van der Waals surface area (Å²) in [5.41, 5.74) is 5.48. The smallest absolute Gasteiger partial charge is 0.338 e. The van der Waals surface area contributed by atoms with E-state index < -0.39 is 11.8 Å². The topological polar surface area (TPSA) is 83.0 Å². The van der Waals surface area contributed by atoms with Crippen LogP contribution in [0.4, 0.5) is 10.1 Å². The third-order valence-corrected chi connectivity index (χ3v) is 2.75. The molecular weight excluding hydrogens is 251 g/mol. The highest BCUT2D eigenvalue weighted by molar-refractivity contribution is 5.90. The molecule has 1 aromatic heterocycles. The Hall–Kier alpha value is -2.44. The lowest BCUT2D eigenvalue weighted by atomic mass is 10.2. The van der Waals surface area contributed by atoms with E-state index in [4.69, 9.17) is 10.5 Å². The van der Waals surface area contributed by atoms with E-state index in [-0.39, 0.29) is 17.9 Å². The first-order chi connectivity index (χ1) is 8.99. The summed E-state index contributed by atoms with van der Waals surface area (Å²) in [6, 6.07) is 3.67. The molecule has 1 aromatic carbocycles. The van der Waals surface area contributed by atoms with Crippen LogP contribution in [0.2, 0.25) is 0 Å². The monoisotopic (exact) mass is 264 g/mol. The van der Waals surface area contributed by atoms with Gasteiger partial charge in [0.25, 0.3) is 0 Å². The third kappa shape index (κ3) is 2.70. The molecular formula is C12H13FN4O2. The summed E-state index contributed by atoms with van der Waals surface area (Å²) in [4.78, 5) is 11.7. The van der Waals surface area contributed by atoms with Crippen LogP contribution in [0.25, 0.3) is 0 Å². The second-order valence-electron chi connectivity index (χ2n) is 4.03. The van der Waals surface area contributed by atoms with E-state index in [9.17, 15) is 9.18 Å². The minimum Gasteiger partial charge on any atom is -0.454 e. The van der Waals surface area contributed by atoms with Gasteiger partial charge in [0.05, 0.1) is 11.3 Å². The molecule has 0 saturated carbocycles. The van der Waals surface area contributed by atoms with Crippen LogP contribution in [0.1, 0.15) is 22.0 Å². The Morgan fingerprint density at radius 1 is 1.47 bits per heavy atom. The van der Waals surface area contributed by atoms with Crippen molar-refractivity contribution in [2.24, 2.45) is 7.05 Å². The van der Waals surface area contributed by atoms with Gasteiger partial charge < -0.3 is 15.0 Å². The fourth-order valence-corrected chi connectivity index (χ4v) is 1.46. The van der Waals surface area contributed by atoms with Gasteiger partial charge in [0.2, 0.25) is 0 Å². The second kappa shape index (κ2) is 5.05. The number of halogens is 1. The molecule has 1 heterocycles. The standard InChI is InChI=1S/C12H13FN4O2/c1-7-15-16-11(17(7)2)6-19-12(18)8-3-4-9(13)10(14)5-8/h3-5H,6,14H2,1-2H3. The predicted molar refractivity (Wildman–Crippen MR) is 65.7 cm³/mol. The van der Waals surface area contributed by atoms with E-state index in [0.717, 1.165) is 11.9 Å². The maximum Gasteiger partial charge on any atom is 0.338 e. The van der Waals surface area contributed by atoms with Gasteiger partial charge in [-0.25, -0.2) is 9.18 Å². The van der Waals surface area contributed by atoms with E-state index in [0.29, 0.717) is 5.82 Å². The molecule has 2 N–H and O–H groups in total. The molecule has 0 aliphatic carbocycles. The van der Waals surface area contributed by atoms with Crippen LogP contribution in [0, 0.1) is 12.7 Å². The van der Waals surface area contributed by atoms with E-state index in [1.54, 1.807) is 18.5 Å². The quantitative estimate of drug-likeness (QED) is 0.665. The first-order valence-electron chi connectivity index (χ1n) is 5.56. The number of nitrogen functional groups attached to an aromatic ring is 1. The zero-order valence-electron chi connectivity index (χ0n) is 10.6. The minimum atomic E-state index is -0.590. The summed E-state index contributed by atoms with van der Waals surface area (Å²) < 4.78 is 19.7. The van der Waals surface area contributed by atoms with Crippen molar-refractivity contribution >= 4 is 11.7 Å². The number of carbonyl (C=O) groups is 1. The number of nitrogens with two attached hydrogens (primary N) is 1. The number of ether oxygens (including phenoxy) is 1. The van der Waals surface area contributed by atoms with Gasteiger partial charge in [0.1, 0.15) is 11.6 Å². The molecule has 0 fully saturated rings. The molecule has 2 rings (SSSR count). The lowest BCUT2D eigenvalue weighted by Crippen LogP contribution is -2.09. The number of aromatic nitrogens is 3. The Bertz CT molecular complexity index is 624. The Kier molecular flexibility index (Phi) is 3.46. The van der Waals surface area contributed by atoms with Crippen molar-refractivity contribution in [2.45, 2.75) is 13.5 Å². The van der Waals surface area contributed by atoms with Crippen LogP contribution in [0.3, 0.4) is 0 Å². The average molecular weight is 264 g/mol. The summed E-state index contributed by atoms with van der Waals surface area (Å²) in [5, 5.41) is 7.71. The lowest BCUT2D eigenvalue weighted by molar-refractivity contribution is 0.0458. The normalized spacial score (nSPS) is 10.5. The molecule has 0 aliphatic rings. The summed E-state index contributed by atoms with van der Waals surface area (Å²) in [5.74, 6) is 0.0887. The lowest BCUT2D eigenvalue weighted by Gasteiger charge is -2.05. The number of carbonyl (C=O) groups excluding carboxylic acids is 1. The largest absolute Gasteiger partial charge is 0.454 e. The molecule has 100 valence electrons. The van der Waals surface area contributed by atoms with Gasteiger partial charge in [0.15, 0.2) is 12.4 Å². The van der Waals surface area contributed by atoms with Gasteiger partial charge in [-0.15, -0.1) is 10.2 Å². The molecule has 7 heteroatoms. The molecule has 0 atom stereocenters. The van der Waals surface area contributed by atoms with Crippen LogP contribution < -0.4 is 5.73 Å². The number of anilines is 1. The van der Waals surface area contributed by atoms with Gasteiger partial charge in [-0.3, -0.25) is 0 Å². The SMILES string of the molecule is Cc1nnc(COC(=O)c2ccc(F)c(N)c2)n1C. The highest BCUT2D eigenvalue weighted by Gasteiger charge is 2.12. The van der Waals surface area contributed by atoms with E-state index in [1.807, 2.05) is 0 Å². The Morgan fingerprint density at radius 3 is 2.79 bits per heavy atom. The Labute approximate surface area is 109 Å². The van der Waals surface area contributed by atoms with Crippen LogP contribution in [-0.2, 0) is 18.4 Å². The van der Waals surface area contributed by atoms with Crippen molar-refractivity contribution in [1.29, 1.82) is 0 Å². The van der Waals surface area contributed by atoms with Crippen molar-refractivity contribution in [2.75, 3.05) is 5.73 Å². The molecule has 0 aliphatic heterocycles. The number of aryl methyl sites for hydroxylation is 1. The zero-order valence-corrected chi connectivity index (χ0v) is 10.6. The molecule has 2 aromatic rings. The fraction of sp³-hybridized carbons (Fsp3) is 0.250. The molecule has 0 saturated heterocycles. The number of hydrogen-bond donors (Lipinski definition) is 1. The summed E-state index contributed by atoms with van der Waals surface area (Å²) in [7, 11) is 1.77. The highest BCUT2D eigenvalue weighted by Crippen LogP contribution is 2.13. The van der Waals surface area contributed by atoms with E-state index in [1.165, 1.54) is 12.1 Å². The van der Waals surface area contributed by atoms with Gasteiger partial charge in [-0.1, -0.05) is 0 Å². The predicted octanol–water partition coefficient (Wildman–Crippen LogP) is 1.20. The zero-order chi connectivity index (χ0) is 14.0. The second-order valence-corrected chi connectivity index (χ2v) is 4.03. The molecule has 0 bridgehead atoms. The van der Waals surface area contributed by atoms with Crippen molar-refractivity contribution in [3.05, 3.63) is 41.2 Å². The highest BCUT2D eigenvalue weighted by atomic mass is 19.1.